The predicted molar refractivity (Wildman–Crippen MR) is 82.1 cm³/mol. The van der Waals surface area contributed by atoms with Gasteiger partial charge in [0.05, 0.1) is 7.11 Å². The van der Waals surface area contributed by atoms with E-state index < -0.39 is 0 Å². The van der Waals surface area contributed by atoms with Crippen LogP contribution < -0.4 is 4.74 Å². The molecule has 0 aliphatic heterocycles. The lowest BCUT2D eigenvalue weighted by atomic mass is 9.75. The number of benzene rings is 2. The molecule has 2 aliphatic carbocycles. The number of aryl methyl sites for hydroxylation is 1. The fourth-order valence-corrected chi connectivity index (χ4v) is 3.69. The third-order valence-electron chi connectivity index (χ3n) is 4.64. The van der Waals surface area contributed by atoms with Crippen LogP contribution in [0, 0.1) is 0 Å². The van der Waals surface area contributed by atoms with Gasteiger partial charge < -0.3 is 4.74 Å². The molecule has 0 unspecified atom stereocenters. The average Bonchev–Trinajstić information content (AvgIpc) is 2.53. The van der Waals surface area contributed by atoms with Crippen LogP contribution in [-0.4, -0.2) is 7.11 Å². The highest BCUT2D eigenvalue weighted by Crippen LogP contribution is 2.44. The van der Waals surface area contributed by atoms with Gasteiger partial charge in [-0.1, -0.05) is 42.0 Å². The fourth-order valence-electron chi connectivity index (χ4n) is 3.69. The van der Waals surface area contributed by atoms with Crippen LogP contribution in [-0.2, 0) is 12.8 Å². The molecule has 0 amide bonds. The van der Waals surface area contributed by atoms with Gasteiger partial charge in [0.15, 0.2) is 0 Å². The molecule has 20 heavy (non-hydrogen) atoms. The van der Waals surface area contributed by atoms with Crippen molar-refractivity contribution in [3.8, 4) is 5.75 Å². The highest BCUT2D eigenvalue weighted by molar-refractivity contribution is 5.88. The fraction of sp³-hybridized carbons (Fsp3) is 0.263. The lowest BCUT2D eigenvalue weighted by Crippen LogP contribution is -2.13. The maximum atomic E-state index is 5.56. The summed E-state index contributed by atoms with van der Waals surface area (Å²) in [5.74, 6) is 1.04. The minimum atomic E-state index is 1.04. The van der Waals surface area contributed by atoms with Gasteiger partial charge in [-0.05, 0) is 54.0 Å². The number of fused-ring (bicyclic) bond motifs is 4. The highest BCUT2D eigenvalue weighted by atomic mass is 16.5. The maximum Gasteiger partial charge on any atom is 0.122 e. The SMILES string of the molecule is COc1cccc2c1CCC1=C2c2ccccc2CC1. The molecule has 0 atom stereocenters. The number of hydrogen-bond acceptors (Lipinski definition) is 1. The zero-order valence-corrected chi connectivity index (χ0v) is 11.8. The van der Waals surface area contributed by atoms with E-state index in [1.54, 1.807) is 12.7 Å². The second-order valence-corrected chi connectivity index (χ2v) is 5.62. The second-order valence-electron chi connectivity index (χ2n) is 5.62. The largest absolute Gasteiger partial charge is 0.496 e. The van der Waals surface area contributed by atoms with Crippen molar-refractivity contribution in [3.05, 3.63) is 70.3 Å². The Hall–Kier alpha value is -2.02. The van der Waals surface area contributed by atoms with Crippen LogP contribution >= 0.6 is 0 Å². The van der Waals surface area contributed by atoms with Crippen LogP contribution in [0.15, 0.2) is 48.0 Å². The van der Waals surface area contributed by atoms with Gasteiger partial charge in [0.2, 0.25) is 0 Å². The lowest BCUT2D eigenvalue weighted by molar-refractivity contribution is 0.409. The number of hydrogen-bond donors (Lipinski definition) is 0. The van der Waals surface area contributed by atoms with Crippen molar-refractivity contribution in [2.45, 2.75) is 25.7 Å². The molecule has 0 N–H and O–H groups in total. The van der Waals surface area contributed by atoms with E-state index in [9.17, 15) is 0 Å². The first kappa shape index (κ1) is 11.8. The molecule has 0 aromatic heterocycles. The Morgan fingerprint density at radius 3 is 2.50 bits per heavy atom. The smallest absolute Gasteiger partial charge is 0.122 e. The van der Waals surface area contributed by atoms with Gasteiger partial charge in [-0.25, -0.2) is 0 Å². The minimum absolute atomic E-state index is 1.04. The molecule has 0 fully saturated rings. The number of rotatable bonds is 1. The van der Waals surface area contributed by atoms with Gasteiger partial charge in [-0.15, -0.1) is 0 Å². The normalized spacial score (nSPS) is 16.2. The Labute approximate surface area is 119 Å². The third-order valence-corrected chi connectivity index (χ3v) is 4.64. The summed E-state index contributed by atoms with van der Waals surface area (Å²) < 4.78 is 5.56. The molecule has 2 aromatic carbocycles. The Morgan fingerprint density at radius 1 is 0.800 bits per heavy atom. The summed E-state index contributed by atoms with van der Waals surface area (Å²) in [5, 5.41) is 0. The van der Waals surface area contributed by atoms with Gasteiger partial charge in [-0.3, -0.25) is 0 Å². The predicted octanol–water partition coefficient (Wildman–Crippen LogP) is 4.39. The van der Waals surface area contributed by atoms with E-state index in [4.69, 9.17) is 4.74 Å². The van der Waals surface area contributed by atoms with E-state index in [2.05, 4.69) is 42.5 Å². The van der Waals surface area contributed by atoms with E-state index in [0.717, 1.165) is 12.2 Å². The molecule has 100 valence electrons. The van der Waals surface area contributed by atoms with Gasteiger partial charge in [0.1, 0.15) is 5.75 Å². The van der Waals surface area contributed by atoms with Crippen LogP contribution in [0.25, 0.3) is 5.57 Å². The maximum absolute atomic E-state index is 5.56. The molecular weight excluding hydrogens is 244 g/mol. The molecule has 0 bridgehead atoms. The van der Waals surface area contributed by atoms with Crippen LogP contribution in [0.5, 0.6) is 5.75 Å². The summed E-state index contributed by atoms with van der Waals surface area (Å²) in [6.07, 6.45) is 4.69. The molecule has 2 aliphatic rings. The van der Waals surface area contributed by atoms with E-state index >= 15 is 0 Å². The van der Waals surface area contributed by atoms with Crippen LogP contribution in [0.4, 0.5) is 0 Å². The van der Waals surface area contributed by atoms with Crippen molar-refractivity contribution in [1.29, 1.82) is 0 Å². The topological polar surface area (TPSA) is 9.23 Å². The van der Waals surface area contributed by atoms with Crippen LogP contribution in [0.1, 0.15) is 35.1 Å². The Morgan fingerprint density at radius 2 is 1.60 bits per heavy atom. The van der Waals surface area contributed by atoms with Crippen molar-refractivity contribution in [3.63, 3.8) is 0 Å². The van der Waals surface area contributed by atoms with E-state index in [0.29, 0.717) is 0 Å². The first-order valence-electron chi connectivity index (χ1n) is 7.35. The average molecular weight is 262 g/mol. The van der Waals surface area contributed by atoms with Crippen molar-refractivity contribution >= 4 is 5.57 Å². The van der Waals surface area contributed by atoms with Crippen LogP contribution in [0.3, 0.4) is 0 Å². The van der Waals surface area contributed by atoms with Gasteiger partial charge in [-0.2, -0.15) is 0 Å². The second kappa shape index (κ2) is 4.52. The van der Waals surface area contributed by atoms with Gasteiger partial charge in [0.25, 0.3) is 0 Å². The molecule has 0 heterocycles. The molecule has 0 saturated carbocycles. The lowest BCUT2D eigenvalue weighted by Gasteiger charge is -2.30. The first-order valence-corrected chi connectivity index (χ1v) is 7.35. The molecule has 1 heteroatoms. The Kier molecular flexibility index (Phi) is 2.66. The Balaban J connectivity index is 1.98. The molecule has 4 rings (SSSR count). The summed E-state index contributed by atoms with van der Waals surface area (Å²) in [4.78, 5) is 0. The monoisotopic (exact) mass is 262 g/mol. The first-order chi connectivity index (χ1) is 9.88. The van der Waals surface area contributed by atoms with E-state index in [-0.39, 0.29) is 0 Å². The molecule has 0 radical (unpaired) electrons. The molecular formula is C19H18O. The van der Waals surface area contributed by atoms with Crippen molar-refractivity contribution < 1.29 is 4.74 Å². The molecule has 0 spiro atoms. The molecule has 2 aromatic rings. The summed E-state index contributed by atoms with van der Waals surface area (Å²) >= 11 is 0. The molecule has 0 saturated heterocycles. The highest BCUT2D eigenvalue weighted by Gasteiger charge is 2.26. The van der Waals surface area contributed by atoms with Crippen molar-refractivity contribution in [2.75, 3.05) is 7.11 Å². The Bertz CT molecular complexity index is 709. The third kappa shape index (κ3) is 1.62. The summed E-state index contributed by atoms with van der Waals surface area (Å²) in [5.41, 5.74) is 8.80. The standard InChI is InChI=1S/C19H18O/c1-20-18-8-4-7-17-16(18)12-11-14-10-9-13-5-2-3-6-15(13)19(14)17/h2-8H,9-12H2,1H3. The zero-order chi connectivity index (χ0) is 13.5. The van der Waals surface area contributed by atoms with Crippen LogP contribution in [0.2, 0.25) is 0 Å². The quantitative estimate of drug-likeness (QED) is 0.740. The van der Waals surface area contributed by atoms with Crippen molar-refractivity contribution in [1.82, 2.24) is 0 Å². The minimum Gasteiger partial charge on any atom is -0.496 e. The van der Waals surface area contributed by atoms with Gasteiger partial charge >= 0.3 is 0 Å². The number of methoxy groups -OCH3 is 1. The summed E-state index contributed by atoms with van der Waals surface area (Å²) in [7, 11) is 1.77. The van der Waals surface area contributed by atoms with Gasteiger partial charge in [0, 0.05) is 5.56 Å². The molecule has 1 nitrogen and oxygen atoms in total. The summed E-state index contributed by atoms with van der Waals surface area (Å²) in [6, 6.07) is 15.3. The summed E-state index contributed by atoms with van der Waals surface area (Å²) in [6.45, 7) is 0. The number of ether oxygens (including phenoxy) is 1. The van der Waals surface area contributed by atoms with E-state index in [1.807, 2.05) is 0 Å². The van der Waals surface area contributed by atoms with Crippen molar-refractivity contribution in [2.24, 2.45) is 0 Å². The zero-order valence-electron chi connectivity index (χ0n) is 11.8. The number of allylic oxidation sites excluding steroid dienone is 1. The van der Waals surface area contributed by atoms with E-state index in [1.165, 1.54) is 47.1 Å².